The molecule has 0 aromatic heterocycles. The van der Waals surface area contributed by atoms with Crippen LogP contribution in [0.25, 0.3) is 0 Å². The van der Waals surface area contributed by atoms with Crippen LogP contribution in [0.2, 0.25) is 0 Å². The zero-order chi connectivity index (χ0) is 10.7. The molecule has 1 unspecified atom stereocenters. The topological polar surface area (TPSA) is 18.5 Å². The van der Waals surface area contributed by atoms with E-state index in [1.165, 1.54) is 11.1 Å². The second kappa shape index (κ2) is 4.99. The molecule has 0 saturated heterocycles. The molecule has 2 rings (SSSR count). The largest absolute Gasteiger partial charge is 0.493 e. The molecule has 3 heteroatoms. The highest BCUT2D eigenvalue weighted by molar-refractivity contribution is 9.09. The maximum atomic E-state index is 5.46. The fourth-order valence-corrected chi connectivity index (χ4v) is 2.43. The SMILES string of the molecule is CCOC(Br)Cc1ccc2c(c1)CCO2. The van der Waals surface area contributed by atoms with Gasteiger partial charge in [-0.05, 0) is 24.1 Å². The number of hydrogen-bond donors (Lipinski definition) is 0. The molecule has 1 aliphatic rings. The van der Waals surface area contributed by atoms with Crippen molar-refractivity contribution in [2.45, 2.75) is 24.8 Å². The van der Waals surface area contributed by atoms with Crippen LogP contribution in [0.3, 0.4) is 0 Å². The number of halogens is 1. The molecule has 0 spiro atoms. The van der Waals surface area contributed by atoms with E-state index in [2.05, 4.69) is 34.1 Å². The van der Waals surface area contributed by atoms with E-state index in [4.69, 9.17) is 9.47 Å². The number of ether oxygens (including phenoxy) is 2. The minimum Gasteiger partial charge on any atom is -0.493 e. The molecule has 1 atom stereocenters. The van der Waals surface area contributed by atoms with Crippen LogP contribution in [0.5, 0.6) is 5.75 Å². The van der Waals surface area contributed by atoms with Gasteiger partial charge in [0, 0.05) is 19.4 Å². The summed E-state index contributed by atoms with van der Waals surface area (Å²) in [7, 11) is 0. The van der Waals surface area contributed by atoms with Gasteiger partial charge in [-0.2, -0.15) is 0 Å². The maximum Gasteiger partial charge on any atom is 0.122 e. The summed E-state index contributed by atoms with van der Waals surface area (Å²) in [6.45, 7) is 3.57. The third kappa shape index (κ3) is 2.73. The van der Waals surface area contributed by atoms with Crippen molar-refractivity contribution < 1.29 is 9.47 Å². The van der Waals surface area contributed by atoms with Gasteiger partial charge >= 0.3 is 0 Å². The molecular weight excluding hydrogens is 256 g/mol. The van der Waals surface area contributed by atoms with Gasteiger partial charge in [0.1, 0.15) is 10.8 Å². The summed E-state index contributed by atoms with van der Waals surface area (Å²) in [5.41, 5.74) is 2.62. The van der Waals surface area contributed by atoms with E-state index in [0.29, 0.717) is 0 Å². The molecule has 82 valence electrons. The van der Waals surface area contributed by atoms with Gasteiger partial charge in [-0.3, -0.25) is 0 Å². The van der Waals surface area contributed by atoms with Crippen LogP contribution in [-0.4, -0.2) is 18.2 Å². The van der Waals surface area contributed by atoms with Crippen molar-refractivity contribution >= 4 is 15.9 Å². The summed E-state index contributed by atoms with van der Waals surface area (Å²) in [6.07, 6.45) is 1.94. The summed E-state index contributed by atoms with van der Waals surface area (Å²) < 4.78 is 10.9. The lowest BCUT2D eigenvalue weighted by Gasteiger charge is -2.10. The van der Waals surface area contributed by atoms with E-state index in [1.54, 1.807) is 0 Å². The monoisotopic (exact) mass is 270 g/mol. The van der Waals surface area contributed by atoms with Gasteiger partial charge in [-0.25, -0.2) is 0 Å². The first-order valence-electron chi connectivity index (χ1n) is 5.30. The number of rotatable bonds is 4. The molecule has 1 heterocycles. The van der Waals surface area contributed by atoms with Gasteiger partial charge in [0.15, 0.2) is 0 Å². The number of hydrogen-bond acceptors (Lipinski definition) is 2. The quantitative estimate of drug-likeness (QED) is 0.784. The van der Waals surface area contributed by atoms with E-state index in [0.717, 1.165) is 31.8 Å². The molecule has 0 N–H and O–H groups in total. The normalized spacial score (nSPS) is 15.9. The second-order valence-electron chi connectivity index (χ2n) is 3.61. The number of benzene rings is 1. The van der Waals surface area contributed by atoms with Crippen LogP contribution in [-0.2, 0) is 17.6 Å². The van der Waals surface area contributed by atoms with E-state index in [1.807, 2.05) is 6.92 Å². The van der Waals surface area contributed by atoms with Crippen molar-refractivity contribution in [1.82, 2.24) is 0 Å². The third-order valence-electron chi connectivity index (χ3n) is 2.50. The standard InChI is InChI=1S/C12H15BrO2/c1-2-14-12(13)8-9-3-4-11-10(7-9)5-6-15-11/h3-4,7,12H,2,5-6,8H2,1H3. The van der Waals surface area contributed by atoms with E-state index < -0.39 is 0 Å². The van der Waals surface area contributed by atoms with Gasteiger partial charge in [0.25, 0.3) is 0 Å². The van der Waals surface area contributed by atoms with Crippen LogP contribution >= 0.6 is 15.9 Å². The highest BCUT2D eigenvalue weighted by atomic mass is 79.9. The van der Waals surface area contributed by atoms with Gasteiger partial charge in [-0.15, -0.1) is 0 Å². The molecule has 0 fully saturated rings. The van der Waals surface area contributed by atoms with Crippen LogP contribution in [0.15, 0.2) is 18.2 Å². The lowest BCUT2D eigenvalue weighted by Crippen LogP contribution is -2.07. The van der Waals surface area contributed by atoms with Crippen molar-refractivity contribution in [3.63, 3.8) is 0 Å². The average molecular weight is 271 g/mol. The van der Waals surface area contributed by atoms with E-state index >= 15 is 0 Å². The second-order valence-corrected chi connectivity index (χ2v) is 4.63. The minimum absolute atomic E-state index is 0.114. The maximum absolute atomic E-state index is 5.46. The zero-order valence-electron chi connectivity index (χ0n) is 8.83. The fraction of sp³-hybridized carbons (Fsp3) is 0.500. The Bertz CT molecular complexity index is 338. The molecule has 0 aliphatic carbocycles. The van der Waals surface area contributed by atoms with E-state index in [9.17, 15) is 0 Å². The van der Waals surface area contributed by atoms with Crippen molar-refractivity contribution in [3.05, 3.63) is 29.3 Å². The molecular formula is C12H15BrO2. The molecule has 0 saturated carbocycles. The average Bonchev–Trinajstić information content (AvgIpc) is 2.65. The first-order valence-corrected chi connectivity index (χ1v) is 6.21. The van der Waals surface area contributed by atoms with Gasteiger partial charge in [-0.1, -0.05) is 28.1 Å². The van der Waals surface area contributed by atoms with Crippen molar-refractivity contribution in [2.75, 3.05) is 13.2 Å². The van der Waals surface area contributed by atoms with Crippen LogP contribution in [0.4, 0.5) is 0 Å². The Balaban J connectivity index is 2.03. The van der Waals surface area contributed by atoms with Crippen LogP contribution in [0, 0.1) is 0 Å². The van der Waals surface area contributed by atoms with Gasteiger partial charge < -0.3 is 9.47 Å². The van der Waals surface area contributed by atoms with Crippen molar-refractivity contribution in [2.24, 2.45) is 0 Å². The number of alkyl halides is 1. The molecule has 0 radical (unpaired) electrons. The van der Waals surface area contributed by atoms with Crippen molar-refractivity contribution in [1.29, 1.82) is 0 Å². The lowest BCUT2D eigenvalue weighted by molar-refractivity contribution is 0.130. The Morgan fingerprint density at radius 3 is 3.20 bits per heavy atom. The molecule has 2 nitrogen and oxygen atoms in total. The van der Waals surface area contributed by atoms with Crippen LogP contribution in [0.1, 0.15) is 18.1 Å². The first-order chi connectivity index (χ1) is 7.29. The highest BCUT2D eigenvalue weighted by Gasteiger charge is 2.13. The van der Waals surface area contributed by atoms with Gasteiger partial charge in [0.05, 0.1) is 6.61 Å². The summed E-state index contributed by atoms with van der Waals surface area (Å²) in [5.74, 6) is 1.04. The predicted octanol–water partition coefficient (Wildman–Crippen LogP) is 2.92. The summed E-state index contributed by atoms with van der Waals surface area (Å²) in [4.78, 5) is 0. The molecule has 15 heavy (non-hydrogen) atoms. The van der Waals surface area contributed by atoms with Gasteiger partial charge in [0.2, 0.25) is 0 Å². The highest BCUT2D eigenvalue weighted by Crippen LogP contribution is 2.26. The first kappa shape index (κ1) is 11.0. The Labute approximate surface area is 98.7 Å². The molecule has 1 aliphatic heterocycles. The third-order valence-corrected chi connectivity index (χ3v) is 3.09. The molecule has 1 aromatic carbocycles. The zero-order valence-corrected chi connectivity index (χ0v) is 10.4. The van der Waals surface area contributed by atoms with E-state index in [-0.39, 0.29) is 5.01 Å². The smallest absolute Gasteiger partial charge is 0.122 e. The summed E-state index contributed by atoms with van der Waals surface area (Å²) in [5, 5.41) is 0.114. The summed E-state index contributed by atoms with van der Waals surface area (Å²) in [6, 6.07) is 6.39. The molecule has 0 amide bonds. The number of fused-ring (bicyclic) bond motifs is 1. The van der Waals surface area contributed by atoms with Crippen LogP contribution < -0.4 is 4.74 Å². The Morgan fingerprint density at radius 2 is 2.40 bits per heavy atom. The molecule has 1 aromatic rings. The Kier molecular flexibility index (Phi) is 3.65. The Morgan fingerprint density at radius 1 is 1.53 bits per heavy atom. The fourth-order valence-electron chi connectivity index (χ4n) is 1.79. The van der Waals surface area contributed by atoms with Crippen molar-refractivity contribution in [3.8, 4) is 5.75 Å². The minimum atomic E-state index is 0.114. The summed E-state index contributed by atoms with van der Waals surface area (Å²) >= 11 is 3.50. The predicted molar refractivity (Wildman–Crippen MR) is 63.7 cm³/mol. The lowest BCUT2D eigenvalue weighted by atomic mass is 10.1. The molecule has 0 bridgehead atoms. The Hall–Kier alpha value is -0.540.